The van der Waals surface area contributed by atoms with Crippen molar-refractivity contribution in [3.8, 4) is 0 Å². The van der Waals surface area contributed by atoms with Gasteiger partial charge in [-0.3, -0.25) is 0 Å². The van der Waals surface area contributed by atoms with Crippen molar-refractivity contribution in [2.45, 2.75) is 53.0 Å². The Morgan fingerprint density at radius 3 is 2.43 bits per heavy atom. The highest BCUT2D eigenvalue weighted by Gasteiger charge is 2.20. The first-order valence-electron chi connectivity index (χ1n) is 6.07. The Morgan fingerprint density at radius 2 is 2.00 bits per heavy atom. The number of rotatable bonds is 6. The van der Waals surface area contributed by atoms with Gasteiger partial charge >= 0.3 is 0 Å². The van der Waals surface area contributed by atoms with Crippen LogP contribution in [-0.2, 0) is 0 Å². The van der Waals surface area contributed by atoms with Gasteiger partial charge in [0.25, 0.3) is 0 Å². The third-order valence-electron chi connectivity index (χ3n) is 3.06. The molecule has 1 aliphatic carbocycles. The number of hydrogen-bond acceptors (Lipinski definition) is 1. The smallest absolute Gasteiger partial charge is 0.0169 e. The van der Waals surface area contributed by atoms with E-state index in [1.54, 1.807) is 5.57 Å². The molecule has 0 aromatic carbocycles. The molecular formula is C13H25N. The lowest BCUT2D eigenvalue weighted by Gasteiger charge is -2.14. The molecule has 0 aliphatic heterocycles. The molecule has 1 aliphatic rings. The van der Waals surface area contributed by atoms with E-state index in [-0.39, 0.29) is 0 Å². The van der Waals surface area contributed by atoms with Crippen LogP contribution in [0.3, 0.4) is 0 Å². The van der Waals surface area contributed by atoms with Gasteiger partial charge in [0, 0.05) is 12.6 Å². The van der Waals surface area contributed by atoms with Crippen molar-refractivity contribution in [1.82, 2.24) is 5.32 Å². The van der Waals surface area contributed by atoms with E-state index in [2.05, 4.69) is 39.1 Å². The van der Waals surface area contributed by atoms with E-state index in [9.17, 15) is 0 Å². The summed E-state index contributed by atoms with van der Waals surface area (Å²) in [6.07, 6.45) is 6.48. The van der Waals surface area contributed by atoms with Gasteiger partial charge in [-0.05, 0) is 24.7 Å². The lowest BCUT2D eigenvalue weighted by molar-refractivity contribution is 0.624. The summed E-state index contributed by atoms with van der Waals surface area (Å²) in [6, 6.07) is 0.828. The van der Waals surface area contributed by atoms with Crippen LogP contribution in [0.1, 0.15) is 47.0 Å². The molecule has 0 radical (unpaired) electrons. The maximum absolute atomic E-state index is 3.60. The summed E-state index contributed by atoms with van der Waals surface area (Å²) in [4.78, 5) is 0. The van der Waals surface area contributed by atoms with E-state index in [1.165, 1.54) is 19.3 Å². The SMILES string of the molecule is CCC(C)C=C(CNC1CC1)C(C)C. The van der Waals surface area contributed by atoms with E-state index >= 15 is 0 Å². The van der Waals surface area contributed by atoms with Gasteiger partial charge in [-0.25, -0.2) is 0 Å². The number of hydrogen-bond donors (Lipinski definition) is 1. The van der Waals surface area contributed by atoms with Gasteiger partial charge < -0.3 is 5.32 Å². The molecule has 1 saturated carbocycles. The second-order valence-electron chi connectivity index (χ2n) is 4.94. The van der Waals surface area contributed by atoms with Crippen molar-refractivity contribution in [2.75, 3.05) is 6.54 Å². The average Bonchev–Trinajstić information content (AvgIpc) is 2.94. The van der Waals surface area contributed by atoms with Gasteiger partial charge in [-0.2, -0.15) is 0 Å². The Labute approximate surface area is 89.0 Å². The van der Waals surface area contributed by atoms with Crippen LogP contribution in [0.2, 0.25) is 0 Å². The second-order valence-corrected chi connectivity index (χ2v) is 4.94. The minimum Gasteiger partial charge on any atom is -0.310 e. The van der Waals surface area contributed by atoms with Gasteiger partial charge in [0.2, 0.25) is 0 Å². The highest BCUT2D eigenvalue weighted by molar-refractivity contribution is 5.09. The van der Waals surface area contributed by atoms with Crippen molar-refractivity contribution in [2.24, 2.45) is 11.8 Å². The van der Waals surface area contributed by atoms with Gasteiger partial charge in [0.05, 0.1) is 0 Å². The third kappa shape index (κ3) is 4.28. The second kappa shape index (κ2) is 5.55. The topological polar surface area (TPSA) is 12.0 Å². The van der Waals surface area contributed by atoms with Gasteiger partial charge in [0.15, 0.2) is 0 Å². The molecule has 0 amide bonds. The first-order chi connectivity index (χ1) is 6.63. The molecule has 0 aromatic heterocycles. The Hall–Kier alpha value is -0.300. The minimum atomic E-state index is 0.690. The monoisotopic (exact) mass is 195 g/mol. The number of nitrogens with one attached hydrogen (secondary N) is 1. The Balaban J connectivity index is 2.39. The van der Waals surface area contributed by atoms with Crippen molar-refractivity contribution in [3.05, 3.63) is 11.6 Å². The first-order valence-corrected chi connectivity index (χ1v) is 6.07. The van der Waals surface area contributed by atoms with Crippen LogP contribution in [0.15, 0.2) is 11.6 Å². The van der Waals surface area contributed by atoms with Crippen LogP contribution in [0.4, 0.5) is 0 Å². The minimum absolute atomic E-state index is 0.690. The fourth-order valence-corrected chi connectivity index (χ4v) is 1.49. The standard InChI is InChI=1S/C13H25N/c1-5-11(4)8-12(10(2)3)9-14-13-6-7-13/h8,10-11,13-14H,5-7,9H2,1-4H3. The molecule has 1 atom stereocenters. The van der Waals surface area contributed by atoms with Crippen LogP contribution in [0.5, 0.6) is 0 Å². The maximum atomic E-state index is 3.60. The van der Waals surface area contributed by atoms with Crippen LogP contribution in [-0.4, -0.2) is 12.6 Å². The summed E-state index contributed by atoms with van der Waals surface area (Å²) in [6.45, 7) is 10.3. The fraction of sp³-hybridized carbons (Fsp3) is 0.846. The van der Waals surface area contributed by atoms with Crippen molar-refractivity contribution in [3.63, 3.8) is 0 Å². The molecule has 1 fully saturated rings. The summed E-state index contributed by atoms with van der Waals surface area (Å²) >= 11 is 0. The molecule has 1 N–H and O–H groups in total. The highest BCUT2D eigenvalue weighted by Crippen LogP contribution is 2.20. The zero-order valence-corrected chi connectivity index (χ0v) is 10.1. The van der Waals surface area contributed by atoms with E-state index in [1.807, 2.05) is 0 Å². The van der Waals surface area contributed by atoms with Crippen LogP contribution >= 0.6 is 0 Å². The van der Waals surface area contributed by atoms with Gasteiger partial charge in [-0.1, -0.05) is 45.8 Å². The van der Waals surface area contributed by atoms with Crippen LogP contribution < -0.4 is 5.32 Å². The zero-order valence-electron chi connectivity index (χ0n) is 10.1. The maximum Gasteiger partial charge on any atom is 0.0169 e. The molecule has 0 aromatic rings. The predicted molar refractivity (Wildman–Crippen MR) is 63.4 cm³/mol. The lowest BCUT2D eigenvalue weighted by Crippen LogP contribution is -2.21. The summed E-state index contributed by atoms with van der Waals surface area (Å²) < 4.78 is 0. The fourth-order valence-electron chi connectivity index (χ4n) is 1.49. The summed E-state index contributed by atoms with van der Waals surface area (Å²) in [7, 11) is 0. The molecule has 82 valence electrons. The van der Waals surface area contributed by atoms with E-state index in [0.29, 0.717) is 5.92 Å². The molecule has 1 rings (SSSR count). The van der Waals surface area contributed by atoms with Crippen LogP contribution in [0, 0.1) is 11.8 Å². The molecule has 0 bridgehead atoms. The molecule has 1 heteroatoms. The van der Waals surface area contributed by atoms with Gasteiger partial charge in [0.1, 0.15) is 0 Å². The Morgan fingerprint density at radius 1 is 1.36 bits per heavy atom. The van der Waals surface area contributed by atoms with Crippen molar-refractivity contribution < 1.29 is 0 Å². The van der Waals surface area contributed by atoms with Crippen LogP contribution in [0.25, 0.3) is 0 Å². The van der Waals surface area contributed by atoms with E-state index in [4.69, 9.17) is 0 Å². The molecule has 0 saturated heterocycles. The zero-order chi connectivity index (χ0) is 10.6. The van der Waals surface area contributed by atoms with Crippen molar-refractivity contribution in [1.29, 1.82) is 0 Å². The molecule has 1 unspecified atom stereocenters. The normalized spacial score (nSPS) is 20.2. The predicted octanol–water partition coefficient (Wildman–Crippen LogP) is 3.37. The lowest BCUT2D eigenvalue weighted by atomic mass is 9.97. The van der Waals surface area contributed by atoms with E-state index in [0.717, 1.165) is 18.5 Å². The molecule has 1 nitrogen and oxygen atoms in total. The summed E-state index contributed by atoms with van der Waals surface area (Å²) in [5.41, 5.74) is 1.59. The van der Waals surface area contributed by atoms with E-state index < -0.39 is 0 Å². The Bertz CT molecular complexity index is 189. The molecule has 14 heavy (non-hydrogen) atoms. The summed E-state index contributed by atoms with van der Waals surface area (Å²) in [5.74, 6) is 1.42. The van der Waals surface area contributed by atoms with Gasteiger partial charge in [-0.15, -0.1) is 0 Å². The van der Waals surface area contributed by atoms with Crippen molar-refractivity contribution >= 4 is 0 Å². The molecule has 0 spiro atoms. The first kappa shape index (κ1) is 11.8. The average molecular weight is 195 g/mol. The quantitative estimate of drug-likeness (QED) is 0.641. The number of allylic oxidation sites excluding steroid dienone is 1. The summed E-state index contributed by atoms with van der Waals surface area (Å²) in [5, 5.41) is 3.60. The molecule has 0 heterocycles. The third-order valence-corrected chi connectivity index (χ3v) is 3.06. The largest absolute Gasteiger partial charge is 0.310 e. The molecular weight excluding hydrogens is 170 g/mol. The highest BCUT2D eigenvalue weighted by atomic mass is 14.9. The Kier molecular flexibility index (Phi) is 4.67.